The van der Waals surface area contributed by atoms with Gasteiger partial charge in [0, 0.05) is 18.1 Å². The number of benzene rings is 3. The Hall–Kier alpha value is -3.39. The first kappa shape index (κ1) is 20.9. The van der Waals surface area contributed by atoms with E-state index in [0.717, 1.165) is 4.41 Å². The van der Waals surface area contributed by atoms with Crippen molar-refractivity contribution in [3.05, 3.63) is 89.7 Å². The van der Waals surface area contributed by atoms with Crippen molar-refractivity contribution >= 4 is 15.7 Å². The molecule has 1 heterocycles. The van der Waals surface area contributed by atoms with Gasteiger partial charge in [-0.05, 0) is 42.0 Å². The van der Waals surface area contributed by atoms with Gasteiger partial charge in [-0.3, -0.25) is 0 Å². The number of hydrogen-bond donors (Lipinski definition) is 0. The molecule has 0 bridgehead atoms. The number of nitrogens with zero attached hydrogens (tertiary/aromatic N) is 2. The summed E-state index contributed by atoms with van der Waals surface area (Å²) in [5.74, 6) is 0.716. The van der Waals surface area contributed by atoms with E-state index < -0.39 is 16.1 Å². The van der Waals surface area contributed by atoms with E-state index in [9.17, 15) is 12.8 Å². The normalized spacial score (nSPS) is 16.2. The zero-order valence-electron chi connectivity index (χ0n) is 17.0. The third-order valence-electron chi connectivity index (χ3n) is 5.14. The average molecular weight is 440 g/mol. The van der Waals surface area contributed by atoms with E-state index in [1.807, 2.05) is 0 Å². The van der Waals surface area contributed by atoms with Crippen LogP contribution in [0.2, 0.25) is 0 Å². The third kappa shape index (κ3) is 3.98. The van der Waals surface area contributed by atoms with Gasteiger partial charge >= 0.3 is 0 Å². The molecule has 1 atom stereocenters. The first-order chi connectivity index (χ1) is 14.9. The second-order valence-corrected chi connectivity index (χ2v) is 8.77. The predicted molar refractivity (Wildman–Crippen MR) is 115 cm³/mol. The van der Waals surface area contributed by atoms with Crippen LogP contribution in [0.25, 0.3) is 0 Å². The molecule has 4 rings (SSSR count). The standard InChI is InChI=1S/C23H21FN2O4S/c1-29-18-12-13-20(23(14-18)30-2)22-15-21(16-8-10-17(24)11-9-16)25-26(22)31(27,28)19-6-4-3-5-7-19/h3-14,22H,15H2,1-2H3/t22-/m1/s1. The zero-order valence-corrected chi connectivity index (χ0v) is 17.8. The fourth-order valence-electron chi connectivity index (χ4n) is 3.55. The summed E-state index contributed by atoms with van der Waals surface area (Å²) in [4.78, 5) is 0.136. The van der Waals surface area contributed by atoms with Gasteiger partial charge in [-0.1, -0.05) is 30.3 Å². The Bertz CT molecular complexity index is 1210. The van der Waals surface area contributed by atoms with Gasteiger partial charge in [0.05, 0.1) is 30.9 Å². The molecule has 0 unspecified atom stereocenters. The summed E-state index contributed by atoms with van der Waals surface area (Å²) in [6.45, 7) is 0. The molecule has 0 aromatic heterocycles. The molecule has 0 spiro atoms. The van der Waals surface area contributed by atoms with Gasteiger partial charge in [-0.15, -0.1) is 0 Å². The molecule has 31 heavy (non-hydrogen) atoms. The van der Waals surface area contributed by atoms with Crippen molar-refractivity contribution in [2.45, 2.75) is 17.4 Å². The number of ether oxygens (including phenoxy) is 2. The number of methoxy groups -OCH3 is 2. The molecule has 8 heteroatoms. The number of rotatable bonds is 6. The van der Waals surface area contributed by atoms with E-state index in [2.05, 4.69) is 5.10 Å². The minimum absolute atomic E-state index is 0.136. The Morgan fingerprint density at radius 3 is 2.32 bits per heavy atom. The molecule has 6 nitrogen and oxygen atoms in total. The molecule has 0 amide bonds. The summed E-state index contributed by atoms with van der Waals surface area (Å²) < 4.78 is 52.2. The number of sulfonamides is 1. The second-order valence-electron chi connectivity index (χ2n) is 6.97. The Morgan fingerprint density at radius 2 is 1.68 bits per heavy atom. The van der Waals surface area contributed by atoms with Crippen molar-refractivity contribution in [3.63, 3.8) is 0 Å². The fourth-order valence-corrected chi connectivity index (χ4v) is 5.00. The minimum Gasteiger partial charge on any atom is -0.497 e. The first-order valence-electron chi connectivity index (χ1n) is 9.59. The van der Waals surface area contributed by atoms with Crippen LogP contribution in [0.1, 0.15) is 23.6 Å². The van der Waals surface area contributed by atoms with Gasteiger partial charge in [0.25, 0.3) is 10.0 Å². The smallest absolute Gasteiger partial charge is 0.279 e. The molecule has 0 saturated carbocycles. The lowest BCUT2D eigenvalue weighted by Crippen LogP contribution is -2.27. The number of halogens is 1. The molecule has 3 aromatic carbocycles. The van der Waals surface area contributed by atoms with Crippen LogP contribution in [-0.2, 0) is 10.0 Å². The monoisotopic (exact) mass is 440 g/mol. The van der Waals surface area contributed by atoms with Crippen LogP contribution in [0.5, 0.6) is 11.5 Å². The Kier molecular flexibility index (Phi) is 5.65. The van der Waals surface area contributed by atoms with Crippen LogP contribution in [-0.4, -0.2) is 32.8 Å². The van der Waals surface area contributed by atoms with Crippen LogP contribution in [0, 0.1) is 5.82 Å². The topological polar surface area (TPSA) is 68.2 Å². The predicted octanol–water partition coefficient (Wildman–Crippen LogP) is 4.38. The SMILES string of the molecule is COc1ccc([C@H]2CC(c3ccc(F)cc3)=NN2S(=O)(=O)c2ccccc2)c(OC)c1. The molecule has 0 saturated heterocycles. The van der Waals surface area contributed by atoms with Gasteiger partial charge in [0.2, 0.25) is 0 Å². The fraction of sp³-hybridized carbons (Fsp3) is 0.174. The highest BCUT2D eigenvalue weighted by atomic mass is 32.2. The maximum atomic E-state index is 13.5. The van der Waals surface area contributed by atoms with Crippen LogP contribution < -0.4 is 9.47 Å². The summed E-state index contributed by atoms with van der Waals surface area (Å²) in [6.07, 6.45) is 0.306. The Labute approximate surface area is 180 Å². The molecule has 0 fully saturated rings. The van der Waals surface area contributed by atoms with E-state index in [1.165, 1.54) is 31.4 Å². The Balaban J connectivity index is 1.83. The van der Waals surface area contributed by atoms with Gasteiger partial charge in [0.15, 0.2) is 0 Å². The lowest BCUT2D eigenvalue weighted by Gasteiger charge is -2.25. The van der Waals surface area contributed by atoms with Crippen molar-refractivity contribution in [1.29, 1.82) is 0 Å². The quantitative estimate of drug-likeness (QED) is 0.570. The van der Waals surface area contributed by atoms with Gasteiger partial charge in [0.1, 0.15) is 17.3 Å². The van der Waals surface area contributed by atoms with Gasteiger partial charge < -0.3 is 9.47 Å². The van der Waals surface area contributed by atoms with Crippen molar-refractivity contribution in [3.8, 4) is 11.5 Å². The van der Waals surface area contributed by atoms with Crippen molar-refractivity contribution in [1.82, 2.24) is 4.41 Å². The molecule has 1 aliphatic rings. The van der Waals surface area contributed by atoms with Crippen LogP contribution in [0.15, 0.2) is 82.8 Å². The number of hydrogen-bond acceptors (Lipinski definition) is 5. The van der Waals surface area contributed by atoms with Crippen molar-refractivity contribution in [2.24, 2.45) is 5.10 Å². The summed E-state index contributed by atoms with van der Waals surface area (Å²) >= 11 is 0. The molecular formula is C23H21FN2O4S. The molecule has 0 aliphatic carbocycles. The lowest BCUT2D eigenvalue weighted by molar-refractivity contribution is 0.347. The van der Waals surface area contributed by atoms with E-state index in [4.69, 9.17) is 9.47 Å². The largest absolute Gasteiger partial charge is 0.497 e. The maximum Gasteiger partial charge on any atom is 0.279 e. The van der Waals surface area contributed by atoms with Crippen molar-refractivity contribution in [2.75, 3.05) is 14.2 Å². The minimum atomic E-state index is -3.94. The summed E-state index contributed by atoms with van der Waals surface area (Å²) in [5, 5.41) is 4.46. The van der Waals surface area contributed by atoms with Crippen LogP contribution in [0.3, 0.4) is 0 Å². The molecule has 0 radical (unpaired) electrons. The number of hydrazone groups is 1. The van der Waals surface area contributed by atoms with E-state index in [-0.39, 0.29) is 10.7 Å². The zero-order chi connectivity index (χ0) is 22.0. The molecule has 160 valence electrons. The van der Waals surface area contributed by atoms with Crippen LogP contribution >= 0.6 is 0 Å². The third-order valence-corrected chi connectivity index (χ3v) is 6.83. The highest BCUT2D eigenvalue weighted by molar-refractivity contribution is 7.89. The maximum absolute atomic E-state index is 13.5. The van der Waals surface area contributed by atoms with E-state index in [0.29, 0.717) is 34.8 Å². The van der Waals surface area contributed by atoms with Crippen molar-refractivity contribution < 1.29 is 22.3 Å². The lowest BCUT2D eigenvalue weighted by atomic mass is 9.98. The highest BCUT2D eigenvalue weighted by Gasteiger charge is 2.39. The average Bonchev–Trinajstić information content (AvgIpc) is 3.25. The first-order valence-corrected chi connectivity index (χ1v) is 11.0. The molecule has 3 aromatic rings. The summed E-state index contributed by atoms with van der Waals surface area (Å²) in [5.41, 5.74) is 1.86. The summed E-state index contributed by atoms with van der Waals surface area (Å²) in [6, 6.07) is 18.6. The highest BCUT2D eigenvalue weighted by Crippen LogP contribution is 2.41. The van der Waals surface area contributed by atoms with Gasteiger partial charge in [-0.2, -0.15) is 17.9 Å². The van der Waals surface area contributed by atoms with Crippen LogP contribution in [0.4, 0.5) is 4.39 Å². The van der Waals surface area contributed by atoms with Gasteiger partial charge in [-0.25, -0.2) is 4.39 Å². The second kappa shape index (κ2) is 8.39. The molecule has 1 aliphatic heterocycles. The van der Waals surface area contributed by atoms with E-state index >= 15 is 0 Å². The van der Waals surface area contributed by atoms with E-state index in [1.54, 1.807) is 55.6 Å². The summed E-state index contributed by atoms with van der Waals surface area (Å²) in [7, 11) is -0.874. The Morgan fingerprint density at radius 1 is 0.968 bits per heavy atom. The molecular weight excluding hydrogens is 419 g/mol. The molecule has 0 N–H and O–H groups in total.